The molecule has 0 aromatic heterocycles. The SMILES string of the molecule is CSC(SC)C1CCCCCC1=O. The third-order valence-corrected chi connectivity index (χ3v) is 5.39. The number of thioether (sulfide) groups is 2. The van der Waals surface area contributed by atoms with Gasteiger partial charge < -0.3 is 0 Å². The minimum absolute atomic E-state index is 0.326. The van der Waals surface area contributed by atoms with Gasteiger partial charge in [-0.1, -0.05) is 12.8 Å². The summed E-state index contributed by atoms with van der Waals surface area (Å²) in [6, 6.07) is 0. The van der Waals surface area contributed by atoms with Crippen LogP contribution in [0.4, 0.5) is 0 Å². The summed E-state index contributed by atoms with van der Waals surface area (Å²) in [7, 11) is 0. The van der Waals surface area contributed by atoms with Gasteiger partial charge >= 0.3 is 0 Å². The van der Waals surface area contributed by atoms with Crippen LogP contribution in [0.3, 0.4) is 0 Å². The Hall–Kier alpha value is 0.370. The van der Waals surface area contributed by atoms with Gasteiger partial charge in [-0.25, -0.2) is 0 Å². The Balaban J connectivity index is 2.57. The smallest absolute Gasteiger partial charge is 0.137 e. The molecular formula is C10H18OS2. The molecule has 1 aliphatic carbocycles. The summed E-state index contributed by atoms with van der Waals surface area (Å²) in [5.74, 6) is 0.832. The third kappa shape index (κ3) is 3.21. The number of hydrogen-bond donors (Lipinski definition) is 0. The highest BCUT2D eigenvalue weighted by Gasteiger charge is 2.27. The van der Waals surface area contributed by atoms with E-state index in [4.69, 9.17) is 0 Å². The lowest BCUT2D eigenvalue weighted by Crippen LogP contribution is -2.22. The van der Waals surface area contributed by atoms with E-state index < -0.39 is 0 Å². The predicted molar refractivity (Wildman–Crippen MR) is 62.4 cm³/mol. The number of ketones is 1. The van der Waals surface area contributed by atoms with Gasteiger partial charge in [-0.3, -0.25) is 4.79 Å². The zero-order chi connectivity index (χ0) is 9.68. The predicted octanol–water partition coefficient (Wildman–Crippen LogP) is 3.19. The Morgan fingerprint density at radius 2 is 1.92 bits per heavy atom. The highest BCUT2D eigenvalue weighted by molar-refractivity contribution is 8.16. The molecule has 1 unspecified atom stereocenters. The van der Waals surface area contributed by atoms with Crippen LogP contribution >= 0.6 is 23.5 Å². The van der Waals surface area contributed by atoms with E-state index in [0.29, 0.717) is 16.3 Å². The quantitative estimate of drug-likeness (QED) is 0.535. The van der Waals surface area contributed by atoms with Crippen LogP contribution in [-0.4, -0.2) is 22.9 Å². The van der Waals surface area contributed by atoms with Gasteiger partial charge in [-0.05, 0) is 25.4 Å². The van der Waals surface area contributed by atoms with Gasteiger partial charge in [0.05, 0.1) is 4.58 Å². The highest BCUT2D eigenvalue weighted by Crippen LogP contribution is 2.33. The molecule has 0 aliphatic heterocycles. The van der Waals surface area contributed by atoms with Crippen molar-refractivity contribution in [2.45, 2.75) is 36.7 Å². The van der Waals surface area contributed by atoms with Crippen LogP contribution in [0.5, 0.6) is 0 Å². The lowest BCUT2D eigenvalue weighted by Gasteiger charge is -2.21. The van der Waals surface area contributed by atoms with Crippen molar-refractivity contribution in [3.05, 3.63) is 0 Å². The average Bonchev–Trinajstić information content (AvgIpc) is 2.34. The van der Waals surface area contributed by atoms with E-state index in [9.17, 15) is 4.79 Å². The minimum Gasteiger partial charge on any atom is -0.299 e. The molecule has 0 aromatic rings. The molecule has 1 fully saturated rings. The van der Waals surface area contributed by atoms with E-state index in [2.05, 4.69) is 12.5 Å². The van der Waals surface area contributed by atoms with Crippen LogP contribution in [0.25, 0.3) is 0 Å². The van der Waals surface area contributed by atoms with Crippen molar-refractivity contribution in [2.24, 2.45) is 5.92 Å². The molecule has 1 aliphatic rings. The summed E-state index contributed by atoms with van der Waals surface area (Å²) in [6.45, 7) is 0. The monoisotopic (exact) mass is 218 g/mol. The fourth-order valence-corrected chi connectivity index (χ4v) is 3.90. The summed E-state index contributed by atoms with van der Waals surface area (Å²) in [5, 5.41) is 0. The maximum Gasteiger partial charge on any atom is 0.137 e. The fraction of sp³-hybridized carbons (Fsp3) is 0.900. The van der Waals surface area contributed by atoms with E-state index in [1.54, 1.807) is 0 Å². The summed E-state index contributed by atoms with van der Waals surface area (Å²) in [6.07, 6.45) is 9.77. The Morgan fingerprint density at radius 1 is 1.23 bits per heavy atom. The molecule has 0 heterocycles. The van der Waals surface area contributed by atoms with Crippen molar-refractivity contribution in [1.82, 2.24) is 0 Å². The van der Waals surface area contributed by atoms with Gasteiger partial charge in [0.25, 0.3) is 0 Å². The molecule has 1 nitrogen and oxygen atoms in total. The van der Waals surface area contributed by atoms with E-state index in [-0.39, 0.29) is 0 Å². The van der Waals surface area contributed by atoms with E-state index in [1.807, 2.05) is 23.5 Å². The second-order valence-electron chi connectivity index (χ2n) is 3.51. The molecule has 1 saturated carbocycles. The molecule has 13 heavy (non-hydrogen) atoms. The normalized spacial score (nSPS) is 24.8. The zero-order valence-corrected chi connectivity index (χ0v) is 10.0. The second-order valence-corrected chi connectivity index (χ2v) is 5.77. The van der Waals surface area contributed by atoms with Crippen molar-refractivity contribution in [1.29, 1.82) is 0 Å². The second kappa shape index (κ2) is 5.97. The van der Waals surface area contributed by atoms with Crippen LogP contribution in [0.1, 0.15) is 32.1 Å². The van der Waals surface area contributed by atoms with Crippen molar-refractivity contribution in [2.75, 3.05) is 12.5 Å². The maximum atomic E-state index is 11.7. The van der Waals surface area contributed by atoms with E-state index >= 15 is 0 Å². The molecule has 0 N–H and O–H groups in total. The molecular weight excluding hydrogens is 200 g/mol. The van der Waals surface area contributed by atoms with Crippen LogP contribution in [0.15, 0.2) is 0 Å². The number of carbonyl (C=O) groups excluding carboxylic acids is 1. The van der Waals surface area contributed by atoms with Crippen LogP contribution in [0, 0.1) is 5.92 Å². The molecule has 0 aromatic carbocycles. The van der Waals surface area contributed by atoms with Crippen molar-refractivity contribution in [3.63, 3.8) is 0 Å². The topological polar surface area (TPSA) is 17.1 Å². The molecule has 0 radical (unpaired) electrons. The molecule has 3 heteroatoms. The van der Waals surface area contributed by atoms with Crippen LogP contribution < -0.4 is 0 Å². The van der Waals surface area contributed by atoms with Gasteiger partial charge in [0, 0.05) is 12.3 Å². The van der Waals surface area contributed by atoms with Gasteiger partial charge in [0.1, 0.15) is 5.78 Å². The Morgan fingerprint density at radius 3 is 2.54 bits per heavy atom. The summed E-state index contributed by atoms with van der Waals surface area (Å²) >= 11 is 3.66. The van der Waals surface area contributed by atoms with Crippen LogP contribution in [0.2, 0.25) is 0 Å². The van der Waals surface area contributed by atoms with Gasteiger partial charge in [-0.2, -0.15) is 23.5 Å². The van der Waals surface area contributed by atoms with Crippen molar-refractivity contribution >= 4 is 29.3 Å². The van der Waals surface area contributed by atoms with E-state index in [1.165, 1.54) is 12.8 Å². The Labute approximate surface area is 89.4 Å². The first kappa shape index (κ1) is 11.4. The lowest BCUT2D eigenvalue weighted by molar-refractivity contribution is -0.122. The molecule has 0 spiro atoms. The van der Waals surface area contributed by atoms with E-state index in [0.717, 1.165) is 19.3 Å². The molecule has 1 atom stereocenters. The first-order chi connectivity index (χ1) is 6.29. The number of carbonyl (C=O) groups is 1. The average molecular weight is 218 g/mol. The Kier molecular flexibility index (Phi) is 5.25. The van der Waals surface area contributed by atoms with Crippen molar-refractivity contribution in [3.8, 4) is 0 Å². The van der Waals surface area contributed by atoms with Crippen LogP contribution in [-0.2, 0) is 4.79 Å². The van der Waals surface area contributed by atoms with Gasteiger partial charge in [0.15, 0.2) is 0 Å². The van der Waals surface area contributed by atoms with Crippen molar-refractivity contribution < 1.29 is 4.79 Å². The molecule has 76 valence electrons. The first-order valence-corrected chi connectivity index (χ1v) is 7.45. The largest absolute Gasteiger partial charge is 0.299 e. The number of hydrogen-bond acceptors (Lipinski definition) is 3. The fourth-order valence-electron chi connectivity index (χ4n) is 1.90. The number of rotatable bonds is 3. The number of Topliss-reactive ketones (excluding diaryl/α,β-unsaturated/α-hetero) is 1. The van der Waals surface area contributed by atoms with Gasteiger partial charge in [-0.15, -0.1) is 0 Å². The molecule has 1 rings (SSSR count). The standard InChI is InChI=1S/C10H18OS2/c1-12-10(13-2)8-6-4-3-5-7-9(8)11/h8,10H,3-7H2,1-2H3. The summed E-state index contributed by atoms with van der Waals surface area (Å²) < 4.78 is 0.491. The molecule has 0 amide bonds. The minimum atomic E-state index is 0.326. The highest BCUT2D eigenvalue weighted by atomic mass is 32.2. The summed E-state index contributed by atoms with van der Waals surface area (Å²) in [4.78, 5) is 11.7. The molecule has 0 bridgehead atoms. The lowest BCUT2D eigenvalue weighted by atomic mass is 10.0. The zero-order valence-electron chi connectivity index (χ0n) is 8.41. The first-order valence-electron chi connectivity index (χ1n) is 4.88. The third-order valence-electron chi connectivity index (χ3n) is 2.65. The summed E-state index contributed by atoms with van der Waals surface area (Å²) in [5.41, 5.74) is 0. The maximum absolute atomic E-state index is 11.7. The molecule has 0 saturated heterocycles. The Bertz CT molecular complexity index is 166. The van der Waals surface area contributed by atoms with Gasteiger partial charge in [0.2, 0.25) is 0 Å².